The Morgan fingerprint density at radius 1 is 1.54 bits per heavy atom. The Morgan fingerprint density at radius 2 is 2.08 bits per heavy atom. The van der Waals surface area contributed by atoms with Crippen molar-refractivity contribution in [3.63, 3.8) is 0 Å². The van der Waals surface area contributed by atoms with Crippen LogP contribution in [0.15, 0.2) is 12.2 Å². The van der Waals surface area contributed by atoms with Crippen molar-refractivity contribution in [3.8, 4) is 0 Å². The van der Waals surface area contributed by atoms with Gasteiger partial charge in [-0.05, 0) is 27.2 Å². The van der Waals surface area contributed by atoms with Crippen molar-refractivity contribution in [2.45, 2.75) is 46.1 Å². The molecule has 0 aromatic heterocycles. The van der Waals surface area contributed by atoms with Crippen LogP contribution in [0.1, 0.15) is 40.5 Å². The van der Waals surface area contributed by atoms with Crippen LogP contribution in [0.25, 0.3) is 0 Å². The molecular weight excluding hydrogens is 166 g/mol. The SMILES string of the molecule is C=C(C)C(=O)ONC(C)(C)CCC. The highest BCUT2D eigenvalue weighted by molar-refractivity contribution is 5.86. The lowest BCUT2D eigenvalue weighted by Crippen LogP contribution is -2.40. The van der Waals surface area contributed by atoms with Crippen LogP contribution in [0.4, 0.5) is 0 Å². The second-order valence-corrected chi connectivity index (χ2v) is 3.91. The first-order valence-corrected chi connectivity index (χ1v) is 4.53. The predicted molar refractivity (Wildman–Crippen MR) is 53.0 cm³/mol. The summed E-state index contributed by atoms with van der Waals surface area (Å²) in [5.41, 5.74) is 2.97. The lowest BCUT2D eigenvalue weighted by molar-refractivity contribution is -0.150. The Balaban J connectivity index is 3.87. The van der Waals surface area contributed by atoms with Crippen LogP contribution in [0.3, 0.4) is 0 Å². The average molecular weight is 185 g/mol. The number of hydrogen-bond donors (Lipinski definition) is 1. The van der Waals surface area contributed by atoms with Crippen molar-refractivity contribution in [1.82, 2.24) is 5.48 Å². The van der Waals surface area contributed by atoms with Crippen LogP contribution in [-0.4, -0.2) is 11.5 Å². The molecule has 0 saturated heterocycles. The second kappa shape index (κ2) is 5.02. The molecule has 0 aromatic carbocycles. The van der Waals surface area contributed by atoms with Crippen LogP contribution in [0.2, 0.25) is 0 Å². The standard InChI is InChI=1S/C10H19NO2/c1-6-7-10(4,5)11-13-9(12)8(2)3/h11H,2,6-7H2,1,3-5H3. The van der Waals surface area contributed by atoms with E-state index in [1.165, 1.54) is 0 Å². The Bertz CT molecular complexity index is 197. The smallest absolute Gasteiger partial charge is 0.351 e. The van der Waals surface area contributed by atoms with Crippen molar-refractivity contribution in [3.05, 3.63) is 12.2 Å². The fourth-order valence-corrected chi connectivity index (χ4v) is 0.948. The van der Waals surface area contributed by atoms with Gasteiger partial charge < -0.3 is 4.84 Å². The van der Waals surface area contributed by atoms with E-state index in [1.807, 2.05) is 13.8 Å². The van der Waals surface area contributed by atoms with Gasteiger partial charge in [-0.15, -0.1) is 5.48 Å². The molecule has 0 radical (unpaired) electrons. The summed E-state index contributed by atoms with van der Waals surface area (Å²) in [7, 11) is 0. The summed E-state index contributed by atoms with van der Waals surface area (Å²) >= 11 is 0. The van der Waals surface area contributed by atoms with Crippen LogP contribution in [0.5, 0.6) is 0 Å². The highest BCUT2D eigenvalue weighted by atomic mass is 16.7. The largest absolute Gasteiger partial charge is 0.366 e. The summed E-state index contributed by atoms with van der Waals surface area (Å²) in [5, 5.41) is 0. The molecule has 0 bridgehead atoms. The maximum absolute atomic E-state index is 11.0. The van der Waals surface area contributed by atoms with Gasteiger partial charge in [0.05, 0.1) is 0 Å². The van der Waals surface area contributed by atoms with Gasteiger partial charge in [-0.25, -0.2) is 4.79 Å². The van der Waals surface area contributed by atoms with E-state index in [-0.39, 0.29) is 5.54 Å². The molecular formula is C10H19NO2. The molecule has 0 aromatic rings. The molecule has 13 heavy (non-hydrogen) atoms. The van der Waals surface area contributed by atoms with E-state index < -0.39 is 5.97 Å². The van der Waals surface area contributed by atoms with Crippen LogP contribution < -0.4 is 5.48 Å². The molecule has 0 aliphatic carbocycles. The molecule has 0 saturated carbocycles. The fraction of sp³-hybridized carbons (Fsp3) is 0.700. The molecule has 0 aliphatic rings. The molecule has 0 spiro atoms. The Morgan fingerprint density at radius 3 is 2.46 bits per heavy atom. The molecule has 76 valence electrons. The number of carbonyl (C=O) groups excluding carboxylic acids is 1. The molecule has 0 atom stereocenters. The number of hydroxylamine groups is 1. The van der Waals surface area contributed by atoms with Gasteiger partial charge in [-0.2, -0.15) is 0 Å². The van der Waals surface area contributed by atoms with Crippen molar-refractivity contribution in [2.75, 3.05) is 0 Å². The molecule has 0 amide bonds. The molecule has 0 rings (SSSR count). The molecule has 0 heterocycles. The van der Waals surface area contributed by atoms with E-state index in [0.29, 0.717) is 5.57 Å². The zero-order chi connectivity index (χ0) is 10.5. The molecule has 0 aliphatic heterocycles. The highest BCUT2D eigenvalue weighted by Gasteiger charge is 2.18. The zero-order valence-electron chi connectivity index (χ0n) is 8.94. The van der Waals surface area contributed by atoms with Gasteiger partial charge in [0.2, 0.25) is 0 Å². The first kappa shape index (κ1) is 12.2. The van der Waals surface area contributed by atoms with Gasteiger partial charge in [0.15, 0.2) is 0 Å². The average Bonchev–Trinajstić information content (AvgIpc) is 2.00. The minimum Gasteiger partial charge on any atom is -0.366 e. The number of carbonyl (C=O) groups is 1. The van der Waals surface area contributed by atoms with Gasteiger partial charge in [-0.3, -0.25) is 0 Å². The van der Waals surface area contributed by atoms with Crippen molar-refractivity contribution < 1.29 is 9.63 Å². The van der Waals surface area contributed by atoms with Gasteiger partial charge >= 0.3 is 5.97 Å². The summed E-state index contributed by atoms with van der Waals surface area (Å²) in [6.07, 6.45) is 2.00. The molecule has 0 unspecified atom stereocenters. The van der Waals surface area contributed by atoms with Crippen molar-refractivity contribution >= 4 is 5.97 Å². The van der Waals surface area contributed by atoms with Crippen molar-refractivity contribution in [2.24, 2.45) is 0 Å². The number of rotatable bonds is 5. The van der Waals surface area contributed by atoms with Crippen LogP contribution in [-0.2, 0) is 9.63 Å². The minimum absolute atomic E-state index is 0.167. The number of hydrogen-bond acceptors (Lipinski definition) is 3. The molecule has 0 fully saturated rings. The third kappa shape index (κ3) is 5.42. The first-order chi connectivity index (χ1) is 5.89. The lowest BCUT2D eigenvalue weighted by atomic mass is 10.0. The summed E-state index contributed by atoms with van der Waals surface area (Å²) in [5.74, 6) is -0.399. The summed E-state index contributed by atoms with van der Waals surface area (Å²) in [6, 6.07) is 0. The molecule has 1 N–H and O–H groups in total. The van der Waals surface area contributed by atoms with E-state index in [4.69, 9.17) is 4.84 Å². The molecule has 3 heteroatoms. The topological polar surface area (TPSA) is 38.3 Å². The fourth-order valence-electron chi connectivity index (χ4n) is 0.948. The van der Waals surface area contributed by atoms with Gasteiger partial charge in [0.1, 0.15) is 0 Å². The summed E-state index contributed by atoms with van der Waals surface area (Å²) in [6.45, 7) is 11.2. The first-order valence-electron chi connectivity index (χ1n) is 4.53. The quantitative estimate of drug-likeness (QED) is 0.527. The van der Waals surface area contributed by atoms with Crippen LogP contribution in [0, 0.1) is 0 Å². The lowest BCUT2D eigenvalue weighted by Gasteiger charge is -2.24. The minimum atomic E-state index is -0.399. The molecule has 3 nitrogen and oxygen atoms in total. The Labute approximate surface area is 80.1 Å². The number of nitrogens with one attached hydrogen (secondary N) is 1. The van der Waals surface area contributed by atoms with E-state index in [2.05, 4.69) is 19.0 Å². The normalized spacial score (nSPS) is 11.1. The monoisotopic (exact) mass is 185 g/mol. The van der Waals surface area contributed by atoms with E-state index in [9.17, 15) is 4.79 Å². The zero-order valence-corrected chi connectivity index (χ0v) is 8.94. The van der Waals surface area contributed by atoms with Crippen molar-refractivity contribution in [1.29, 1.82) is 0 Å². The third-order valence-electron chi connectivity index (χ3n) is 1.64. The Kier molecular flexibility index (Phi) is 4.70. The summed E-state index contributed by atoms with van der Waals surface area (Å²) < 4.78 is 0. The second-order valence-electron chi connectivity index (χ2n) is 3.91. The van der Waals surface area contributed by atoms with Gasteiger partial charge in [-0.1, -0.05) is 19.9 Å². The van der Waals surface area contributed by atoms with Gasteiger partial charge in [0.25, 0.3) is 0 Å². The van der Waals surface area contributed by atoms with Gasteiger partial charge in [0, 0.05) is 11.1 Å². The maximum Gasteiger partial charge on any atom is 0.351 e. The van der Waals surface area contributed by atoms with E-state index in [0.717, 1.165) is 12.8 Å². The third-order valence-corrected chi connectivity index (χ3v) is 1.64. The van der Waals surface area contributed by atoms with E-state index in [1.54, 1.807) is 6.92 Å². The summed E-state index contributed by atoms with van der Waals surface area (Å²) in [4.78, 5) is 15.8. The van der Waals surface area contributed by atoms with Crippen LogP contribution >= 0.6 is 0 Å². The highest BCUT2D eigenvalue weighted by Crippen LogP contribution is 2.10. The van der Waals surface area contributed by atoms with E-state index >= 15 is 0 Å². The Hall–Kier alpha value is -0.830. The maximum atomic E-state index is 11.0. The predicted octanol–water partition coefficient (Wildman–Crippen LogP) is 2.19.